The molecule has 1 aromatic rings. The van der Waals surface area contributed by atoms with Crippen molar-refractivity contribution in [1.82, 2.24) is 4.90 Å². The van der Waals surface area contributed by atoms with E-state index in [9.17, 15) is 9.18 Å². The summed E-state index contributed by atoms with van der Waals surface area (Å²) in [6.45, 7) is 0.795. The molecule has 1 unspecified atom stereocenters. The smallest absolute Gasteiger partial charge is 0.227 e. The Morgan fingerprint density at radius 1 is 1.47 bits per heavy atom. The van der Waals surface area contributed by atoms with Gasteiger partial charge in [0.15, 0.2) is 0 Å². The lowest BCUT2D eigenvalue weighted by Crippen LogP contribution is -2.37. The maximum absolute atomic E-state index is 13.4. The highest BCUT2D eigenvalue weighted by Gasteiger charge is 2.27. The minimum absolute atomic E-state index is 0.0250. The molecule has 0 bridgehead atoms. The maximum Gasteiger partial charge on any atom is 0.227 e. The van der Waals surface area contributed by atoms with Crippen LogP contribution in [0, 0.1) is 5.82 Å². The number of alkyl halides is 1. The first-order valence-electron chi connectivity index (χ1n) is 5.81. The summed E-state index contributed by atoms with van der Waals surface area (Å²) in [5.41, 5.74) is 0.484. The van der Waals surface area contributed by atoms with Crippen LogP contribution in [0.25, 0.3) is 0 Å². The van der Waals surface area contributed by atoms with Crippen LogP contribution in [0.2, 0.25) is 0 Å². The van der Waals surface area contributed by atoms with Crippen molar-refractivity contribution in [2.45, 2.75) is 25.3 Å². The summed E-state index contributed by atoms with van der Waals surface area (Å²) < 4.78 is 13.4. The number of carbonyl (C=O) groups excluding carboxylic acids is 1. The quantitative estimate of drug-likeness (QED) is 0.786. The van der Waals surface area contributed by atoms with E-state index in [2.05, 4.69) is 15.9 Å². The van der Waals surface area contributed by atoms with Gasteiger partial charge in [0.1, 0.15) is 5.82 Å². The van der Waals surface area contributed by atoms with Gasteiger partial charge in [0.2, 0.25) is 5.91 Å². The zero-order valence-electron chi connectivity index (χ0n) is 9.53. The second kappa shape index (κ2) is 5.63. The Balaban J connectivity index is 2.04. The van der Waals surface area contributed by atoms with E-state index in [4.69, 9.17) is 0 Å². The molecule has 4 heteroatoms. The fourth-order valence-corrected chi connectivity index (χ4v) is 2.90. The van der Waals surface area contributed by atoms with Gasteiger partial charge < -0.3 is 4.90 Å². The fraction of sp³-hybridized carbons (Fsp3) is 0.462. The predicted molar refractivity (Wildman–Crippen MR) is 68.6 cm³/mol. The Morgan fingerprint density at radius 2 is 2.24 bits per heavy atom. The lowest BCUT2D eigenvalue weighted by molar-refractivity contribution is -0.130. The van der Waals surface area contributed by atoms with Gasteiger partial charge in [-0.15, -0.1) is 0 Å². The molecule has 1 aromatic carbocycles. The van der Waals surface area contributed by atoms with Crippen LogP contribution >= 0.6 is 15.9 Å². The maximum atomic E-state index is 13.4. The normalized spacial score (nSPS) is 19.6. The molecule has 1 saturated heterocycles. The topological polar surface area (TPSA) is 20.3 Å². The Morgan fingerprint density at radius 3 is 2.94 bits per heavy atom. The van der Waals surface area contributed by atoms with Gasteiger partial charge in [-0.1, -0.05) is 34.1 Å². The van der Waals surface area contributed by atoms with Crippen LogP contribution in [0.1, 0.15) is 18.4 Å². The number of likely N-dealkylation sites (tertiary alicyclic amines) is 1. The minimum Gasteiger partial charge on any atom is -0.339 e. The highest BCUT2D eigenvalue weighted by molar-refractivity contribution is 9.09. The van der Waals surface area contributed by atoms with Crippen molar-refractivity contribution in [3.63, 3.8) is 0 Å². The zero-order valence-corrected chi connectivity index (χ0v) is 11.1. The molecule has 0 aliphatic carbocycles. The van der Waals surface area contributed by atoms with Crippen molar-refractivity contribution in [3.05, 3.63) is 35.6 Å². The number of hydrogen-bond donors (Lipinski definition) is 0. The summed E-state index contributed by atoms with van der Waals surface area (Å²) in [5.74, 6) is -0.271. The molecule has 17 heavy (non-hydrogen) atoms. The second-order valence-corrected chi connectivity index (χ2v) is 4.95. The van der Waals surface area contributed by atoms with Crippen LogP contribution in [0.3, 0.4) is 0 Å². The van der Waals surface area contributed by atoms with Gasteiger partial charge in [0.05, 0.1) is 6.42 Å². The molecule has 1 amide bonds. The van der Waals surface area contributed by atoms with Crippen molar-refractivity contribution in [1.29, 1.82) is 0 Å². The molecule has 92 valence electrons. The summed E-state index contributed by atoms with van der Waals surface area (Å²) in [6.07, 6.45) is 2.24. The van der Waals surface area contributed by atoms with Crippen molar-refractivity contribution in [2.75, 3.05) is 11.9 Å². The predicted octanol–water partition coefficient (Wildman–Crippen LogP) is 2.75. The number of amides is 1. The SMILES string of the molecule is O=C(Cc1ccccc1F)N1CCCC1CBr. The molecule has 1 heterocycles. The molecular weight excluding hydrogens is 285 g/mol. The number of nitrogens with zero attached hydrogens (tertiary/aromatic N) is 1. The van der Waals surface area contributed by atoms with Gasteiger partial charge in [-0.2, -0.15) is 0 Å². The summed E-state index contributed by atoms with van der Waals surface area (Å²) >= 11 is 3.42. The highest BCUT2D eigenvalue weighted by Crippen LogP contribution is 2.20. The number of hydrogen-bond acceptors (Lipinski definition) is 1. The summed E-state index contributed by atoms with van der Waals surface area (Å²) in [6, 6.07) is 6.74. The Kier molecular flexibility index (Phi) is 4.15. The van der Waals surface area contributed by atoms with E-state index in [1.807, 2.05) is 4.90 Å². The lowest BCUT2D eigenvalue weighted by atomic mass is 10.1. The third-order valence-corrected chi connectivity index (χ3v) is 3.92. The highest BCUT2D eigenvalue weighted by atomic mass is 79.9. The van der Waals surface area contributed by atoms with Crippen LogP contribution in [0.4, 0.5) is 4.39 Å². The van der Waals surface area contributed by atoms with Crippen LogP contribution in [0.15, 0.2) is 24.3 Å². The zero-order chi connectivity index (χ0) is 12.3. The Bertz CT molecular complexity index is 410. The fourth-order valence-electron chi connectivity index (χ4n) is 2.23. The molecule has 1 fully saturated rings. The van der Waals surface area contributed by atoms with Crippen molar-refractivity contribution in [2.24, 2.45) is 0 Å². The third-order valence-electron chi connectivity index (χ3n) is 3.18. The van der Waals surface area contributed by atoms with E-state index in [1.165, 1.54) is 6.07 Å². The first kappa shape index (κ1) is 12.6. The molecule has 2 rings (SSSR count). The number of carbonyl (C=O) groups is 1. The van der Waals surface area contributed by atoms with Crippen LogP contribution < -0.4 is 0 Å². The molecule has 2 nitrogen and oxygen atoms in total. The Labute approximate surface area is 109 Å². The lowest BCUT2D eigenvalue weighted by Gasteiger charge is -2.23. The van der Waals surface area contributed by atoms with E-state index in [0.717, 1.165) is 24.7 Å². The Hall–Kier alpha value is -0.900. The molecule has 0 radical (unpaired) electrons. The molecule has 1 aliphatic rings. The van der Waals surface area contributed by atoms with Gasteiger partial charge >= 0.3 is 0 Å². The van der Waals surface area contributed by atoms with Crippen LogP contribution in [0.5, 0.6) is 0 Å². The number of benzene rings is 1. The van der Waals surface area contributed by atoms with Gasteiger partial charge in [-0.3, -0.25) is 4.79 Å². The molecular formula is C13H15BrFNO. The number of rotatable bonds is 3. The molecule has 1 atom stereocenters. The molecule has 0 spiro atoms. The van der Waals surface area contributed by atoms with E-state index in [1.54, 1.807) is 18.2 Å². The van der Waals surface area contributed by atoms with Gasteiger partial charge in [-0.25, -0.2) is 4.39 Å². The third kappa shape index (κ3) is 2.86. The first-order valence-corrected chi connectivity index (χ1v) is 6.93. The van der Waals surface area contributed by atoms with E-state index < -0.39 is 0 Å². The van der Waals surface area contributed by atoms with E-state index in [0.29, 0.717) is 5.56 Å². The second-order valence-electron chi connectivity index (χ2n) is 4.31. The van der Waals surface area contributed by atoms with Gasteiger partial charge in [0, 0.05) is 17.9 Å². The molecule has 0 N–H and O–H groups in total. The summed E-state index contributed by atoms with van der Waals surface area (Å²) in [4.78, 5) is 13.9. The molecule has 0 saturated carbocycles. The summed E-state index contributed by atoms with van der Waals surface area (Å²) in [7, 11) is 0. The van der Waals surface area contributed by atoms with Gasteiger partial charge in [-0.05, 0) is 24.5 Å². The average Bonchev–Trinajstić information content (AvgIpc) is 2.80. The standard InChI is InChI=1S/C13H15BrFNO/c14-9-11-5-3-7-16(11)13(17)8-10-4-1-2-6-12(10)15/h1-2,4,6,11H,3,5,7-9H2. The van der Waals surface area contributed by atoms with Crippen LogP contribution in [-0.4, -0.2) is 28.7 Å². The van der Waals surface area contributed by atoms with Crippen LogP contribution in [-0.2, 0) is 11.2 Å². The number of halogens is 2. The summed E-state index contributed by atoms with van der Waals surface area (Å²) in [5, 5.41) is 0.802. The molecule has 0 aromatic heterocycles. The van der Waals surface area contributed by atoms with E-state index in [-0.39, 0.29) is 24.2 Å². The molecule has 1 aliphatic heterocycles. The van der Waals surface area contributed by atoms with Gasteiger partial charge in [0.25, 0.3) is 0 Å². The van der Waals surface area contributed by atoms with Crippen molar-refractivity contribution in [3.8, 4) is 0 Å². The monoisotopic (exact) mass is 299 g/mol. The van der Waals surface area contributed by atoms with Crippen molar-refractivity contribution < 1.29 is 9.18 Å². The first-order chi connectivity index (χ1) is 8.22. The van der Waals surface area contributed by atoms with E-state index >= 15 is 0 Å². The average molecular weight is 300 g/mol. The minimum atomic E-state index is -0.296. The largest absolute Gasteiger partial charge is 0.339 e. The van der Waals surface area contributed by atoms with Crippen molar-refractivity contribution >= 4 is 21.8 Å².